The van der Waals surface area contributed by atoms with Gasteiger partial charge in [-0.1, -0.05) is 290 Å². The van der Waals surface area contributed by atoms with Gasteiger partial charge in [-0.3, -0.25) is 4.79 Å². The highest BCUT2D eigenvalue weighted by Crippen LogP contribution is 2.16. The predicted molar refractivity (Wildman–Crippen MR) is 308 cm³/mol. The van der Waals surface area contributed by atoms with Crippen LogP contribution >= 0.6 is 0 Å². The van der Waals surface area contributed by atoms with E-state index in [0.717, 1.165) is 77.0 Å². The summed E-state index contributed by atoms with van der Waals surface area (Å²) >= 11 is 0. The van der Waals surface area contributed by atoms with Gasteiger partial charge in [-0.25, -0.2) is 0 Å². The number of allylic oxidation sites excluding steroid dienone is 17. The van der Waals surface area contributed by atoms with E-state index in [2.05, 4.69) is 116 Å². The second-order valence-corrected chi connectivity index (χ2v) is 19.7. The quantitative estimate of drug-likeness (QED) is 0.0420. The van der Waals surface area contributed by atoms with Crippen LogP contribution in [0.3, 0.4) is 0 Å². The van der Waals surface area contributed by atoms with Crippen molar-refractivity contribution in [3.63, 3.8) is 0 Å². The molecule has 0 aromatic heterocycles. The Bertz CT molecular complexity index is 1310. The summed E-state index contributed by atoms with van der Waals surface area (Å²) < 4.78 is 0. The highest BCUT2D eigenvalue weighted by atomic mass is 16.3. The Morgan fingerprint density at radius 2 is 0.652 bits per heavy atom. The topological polar surface area (TPSA) is 69.6 Å². The van der Waals surface area contributed by atoms with Gasteiger partial charge in [0.15, 0.2) is 0 Å². The average Bonchev–Trinajstić information content (AvgIpc) is 3.35. The number of hydrogen-bond donors (Lipinski definition) is 3. The highest BCUT2D eigenvalue weighted by molar-refractivity contribution is 5.76. The molecule has 0 heterocycles. The molecule has 0 fully saturated rings. The molecule has 0 saturated heterocycles. The van der Waals surface area contributed by atoms with Crippen LogP contribution in [0.2, 0.25) is 0 Å². The lowest BCUT2D eigenvalue weighted by atomic mass is 10.0. The van der Waals surface area contributed by atoms with E-state index >= 15 is 0 Å². The summed E-state index contributed by atoms with van der Waals surface area (Å²) in [5.74, 6) is -0.0745. The van der Waals surface area contributed by atoms with E-state index in [1.807, 2.05) is 6.08 Å². The molecule has 1 amide bonds. The van der Waals surface area contributed by atoms with Crippen LogP contribution in [-0.2, 0) is 4.79 Å². The molecule has 4 nitrogen and oxygen atoms in total. The molecule has 2 atom stereocenters. The van der Waals surface area contributed by atoms with Crippen molar-refractivity contribution in [3.05, 3.63) is 109 Å². The Kier molecular flexibility index (Phi) is 56.8. The first kappa shape index (κ1) is 66.0. The van der Waals surface area contributed by atoms with Crippen molar-refractivity contribution in [2.45, 2.75) is 289 Å². The number of aliphatic hydroxyl groups excluding tert-OH is 2. The number of unbranched alkanes of at least 4 members (excludes halogenated alkanes) is 30. The lowest BCUT2D eigenvalue weighted by Crippen LogP contribution is -2.45. The van der Waals surface area contributed by atoms with Crippen LogP contribution in [0.5, 0.6) is 0 Å². The van der Waals surface area contributed by atoms with Crippen LogP contribution in [0.1, 0.15) is 277 Å². The molecule has 0 rings (SSSR count). The van der Waals surface area contributed by atoms with E-state index in [4.69, 9.17) is 0 Å². The van der Waals surface area contributed by atoms with Gasteiger partial charge < -0.3 is 15.5 Å². The Morgan fingerprint density at radius 3 is 1.01 bits per heavy atom. The third-order valence-electron chi connectivity index (χ3n) is 13.0. The van der Waals surface area contributed by atoms with Crippen LogP contribution < -0.4 is 5.32 Å². The molecule has 0 bridgehead atoms. The molecule has 0 aliphatic heterocycles. The zero-order valence-corrected chi connectivity index (χ0v) is 45.5. The largest absolute Gasteiger partial charge is 0.394 e. The summed E-state index contributed by atoms with van der Waals surface area (Å²) in [5, 5.41) is 23.1. The summed E-state index contributed by atoms with van der Waals surface area (Å²) in [6.45, 7) is 4.19. The van der Waals surface area contributed by atoms with E-state index in [0.29, 0.717) is 6.42 Å². The summed E-state index contributed by atoms with van der Waals surface area (Å²) in [6.07, 6.45) is 89.8. The Balaban J connectivity index is 3.53. The van der Waals surface area contributed by atoms with Gasteiger partial charge in [0.2, 0.25) is 5.91 Å². The molecule has 0 spiro atoms. The molecule has 0 aliphatic rings. The van der Waals surface area contributed by atoms with Crippen LogP contribution in [0, 0.1) is 0 Å². The van der Waals surface area contributed by atoms with Crippen LogP contribution in [0.25, 0.3) is 0 Å². The summed E-state index contributed by atoms with van der Waals surface area (Å²) in [5.41, 5.74) is 0. The maximum Gasteiger partial charge on any atom is 0.220 e. The number of carbonyl (C=O) groups excluding carboxylic acids is 1. The van der Waals surface area contributed by atoms with Gasteiger partial charge in [-0.05, 0) is 89.9 Å². The van der Waals surface area contributed by atoms with Crippen molar-refractivity contribution in [1.82, 2.24) is 5.32 Å². The predicted octanol–water partition coefficient (Wildman–Crippen LogP) is 19.9. The molecule has 69 heavy (non-hydrogen) atoms. The number of amides is 1. The third-order valence-corrected chi connectivity index (χ3v) is 13.0. The molecule has 0 radical (unpaired) electrons. The third kappa shape index (κ3) is 55.8. The standard InChI is InChI=1S/C65H113NO3/c1-3-5-7-9-11-13-15-17-19-21-23-24-25-26-27-28-29-30-31-32-33-34-35-36-37-38-39-40-41-42-43-45-47-49-51-53-55-57-59-61-65(69)66-63(62-67)64(68)60-58-56-54-52-50-48-46-44-22-20-18-16-14-12-10-8-6-4-2/h5,7,11,13,17,19,23-24,26-27,29-30,32-33,50,52,58,60,63-64,67-68H,3-4,6,8-10,12,14-16,18,20-22,25,28,31,34-49,51,53-57,59,61-62H2,1-2H3,(H,66,69)/b7-5-,13-11-,19-17-,24-23-,27-26-,30-29-,33-32-,52-50+,60-58+. The van der Waals surface area contributed by atoms with Crippen molar-refractivity contribution in [2.75, 3.05) is 6.61 Å². The molecule has 0 saturated carbocycles. The zero-order valence-electron chi connectivity index (χ0n) is 45.5. The van der Waals surface area contributed by atoms with Crippen LogP contribution in [0.15, 0.2) is 109 Å². The minimum absolute atomic E-state index is 0.0745. The maximum absolute atomic E-state index is 12.5. The van der Waals surface area contributed by atoms with E-state index in [9.17, 15) is 15.0 Å². The second-order valence-electron chi connectivity index (χ2n) is 19.7. The molecule has 396 valence electrons. The van der Waals surface area contributed by atoms with Crippen LogP contribution in [0.4, 0.5) is 0 Å². The fraction of sp³-hybridized carbons (Fsp3) is 0.708. The number of carbonyl (C=O) groups is 1. The van der Waals surface area contributed by atoms with Crippen molar-refractivity contribution in [1.29, 1.82) is 0 Å². The minimum Gasteiger partial charge on any atom is -0.394 e. The number of rotatable bonds is 53. The molecular weight excluding hydrogens is 843 g/mol. The molecule has 0 aromatic rings. The SMILES string of the molecule is CC/C=C\C/C=C\C/C=C\C/C=C\C/C=C\C/C=C\C/C=C\CCCCCCCCCCCCCCCCCCCC(=O)NC(CO)C(O)/C=C/CC/C=C/CCCCCCCCCCCCCC. The monoisotopic (exact) mass is 956 g/mol. The van der Waals surface area contributed by atoms with Gasteiger partial charge in [0, 0.05) is 6.42 Å². The van der Waals surface area contributed by atoms with Gasteiger partial charge in [0.25, 0.3) is 0 Å². The average molecular weight is 957 g/mol. The number of aliphatic hydroxyl groups is 2. The normalized spacial score (nSPS) is 13.6. The molecule has 0 aliphatic carbocycles. The first-order valence-corrected chi connectivity index (χ1v) is 29.6. The van der Waals surface area contributed by atoms with Gasteiger partial charge in [0.05, 0.1) is 18.8 Å². The zero-order chi connectivity index (χ0) is 49.9. The molecule has 2 unspecified atom stereocenters. The van der Waals surface area contributed by atoms with Crippen molar-refractivity contribution >= 4 is 5.91 Å². The lowest BCUT2D eigenvalue weighted by Gasteiger charge is -2.19. The summed E-state index contributed by atoms with van der Waals surface area (Å²) in [4.78, 5) is 12.5. The van der Waals surface area contributed by atoms with Gasteiger partial charge >= 0.3 is 0 Å². The summed E-state index contributed by atoms with van der Waals surface area (Å²) in [7, 11) is 0. The first-order chi connectivity index (χ1) is 34.2. The van der Waals surface area contributed by atoms with Crippen molar-refractivity contribution < 1.29 is 15.0 Å². The molecule has 4 heteroatoms. The maximum atomic E-state index is 12.5. The first-order valence-electron chi connectivity index (χ1n) is 29.6. The summed E-state index contributed by atoms with van der Waals surface area (Å²) in [6, 6.07) is -0.644. The molecule has 0 aromatic carbocycles. The smallest absolute Gasteiger partial charge is 0.220 e. The Morgan fingerprint density at radius 1 is 0.362 bits per heavy atom. The Labute approximate surface area is 429 Å². The van der Waals surface area contributed by atoms with Crippen molar-refractivity contribution in [2.24, 2.45) is 0 Å². The van der Waals surface area contributed by atoms with Gasteiger partial charge in [-0.15, -0.1) is 0 Å². The highest BCUT2D eigenvalue weighted by Gasteiger charge is 2.18. The Hall–Kier alpha value is -2.95. The number of nitrogens with one attached hydrogen (secondary N) is 1. The van der Waals surface area contributed by atoms with E-state index in [1.54, 1.807) is 6.08 Å². The molecular formula is C65H113NO3. The minimum atomic E-state index is -0.867. The van der Waals surface area contributed by atoms with E-state index < -0.39 is 12.1 Å². The number of hydrogen-bond acceptors (Lipinski definition) is 3. The molecule has 3 N–H and O–H groups in total. The van der Waals surface area contributed by atoms with Crippen molar-refractivity contribution in [3.8, 4) is 0 Å². The fourth-order valence-electron chi connectivity index (χ4n) is 8.53. The van der Waals surface area contributed by atoms with E-state index in [1.165, 1.54) is 180 Å². The lowest BCUT2D eigenvalue weighted by molar-refractivity contribution is -0.123. The van der Waals surface area contributed by atoms with Gasteiger partial charge in [0.1, 0.15) is 0 Å². The second kappa shape index (κ2) is 59.4. The fourth-order valence-corrected chi connectivity index (χ4v) is 8.53. The van der Waals surface area contributed by atoms with E-state index in [-0.39, 0.29) is 12.5 Å². The van der Waals surface area contributed by atoms with Crippen LogP contribution in [-0.4, -0.2) is 34.9 Å². The van der Waals surface area contributed by atoms with Gasteiger partial charge in [-0.2, -0.15) is 0 Å².